The van der Waals surface area contributed by atoms with Gasteiger partial charge in [0.1, 0.15) is 0 Å². The predicted molar refractivity (Wildman–Crippen MR) is 169 cm³/mol. The number of carbonyl (C=O) groups is 1. The van der Waals surface area contributed by atoms with Gasteiger partial charge in [0, 0.05) is 0 Å². The first-order valence-corrected chi connectivity index (χ1v) is 16.5. The van der Waals surface area contributed by atoms with E-state index in [-0.39, 0.29) is 11.4 Å². The normalized spacial score (nSPS) is 44.5. The second kappa shape index (κ2) is 9.57. The Kier molecular flexibility index (Phi) is 6.82. The van der Waals surface area contributed by atoms with Crippen molar-refractivity contribution in [2.75, 3.05) is 13.7 Å². The van der Waals surface area contributed by atoms with Gasteiger partial charge in [0.15, 0.2) is 0 Å². The van der Waals surface area contributed by atoms with Crippen LogP contribution in [0.15, 0.2) is 42.5 Å². The number of allylic oxidation sites excluding steroid dienone is 3. The fourth-order valence-corrected chi connectivity index (χ4v) is 12.6. The second-order valence-electron chi connectivity index (χ2n) is 16.4. The van der Waals surface area contributed by atoms with Gasteiger partial charge in [-0.25, -0.2) is 4.79 Å². The second-order valence-corrected chi connectivity index (χ2v) is 16.4. The average Bonchev–Trinajstić information content (AvgIpc) is 3.33. The molecular weight excluding hydrogens is 502 g/mol. The molecule has 0 bridgehead atoms. The van der Waals surface area contributed by atoms with Crippen LogP contribution in [0.5, 0.6) is 0 Å². The van der Waals surface area contributed by atoms with Gasteiger partial charge in [0.25, 0.3) is 0 Å². The summed E-state index contributed by atoms with van der Waals surface area (Å²) in [5.41, 5.74) is 12.8. The van der Waals surface area contributed by atoms with Crippen molar-refractivity contribution >= 4 is 11.5 Å². The van der Waals surface area contributed by atoms with Crippen molar-refractivity contribution in [1.29, 1.82) is 0 Å². The molecule has 6 rings (SSSR count). The van der Waals surface area contributed by atoms with Gasteiger partial charge in [0.05, 0.1) is 12.7 Å². The average molecular weight is 558 g/mol. The summed E-state index contributed by atoms with van der Waals surface area (Å²) in [7, 11) is 1.45. The molecule has 9 atom stereocenters. The molecule has 0 aromatic heterocycles. The van der Waals surface area contributed by atoms with Crippen LogP contribution < -0.4 is 5.73 Å². The first-order chi connectivity index (χ1) is 19.3. The number of fused-ring (bicyclic) bond motifs is 7. The number of ether oxygens (including phenoxy) is 1. The molecule has 0 unspecified atom stereocenters. The van der Waals surface area contributed by atoms with Crippen molar-refractivity contribution in [2.24, 2.45) is 62.4 Å². The highest BCUT2D eigenvalue weighted by molar-refractivity contribution is 5.89. The summed E-state index contributed by atoms with van der Waals surface area (Å²) in [4.78, 5) is 12.0. The highest BCUT2D eigenvalue weighted by Gasteiger charge is 2.70. The molecule has 1 aromatic rings. The van der Waals surface area contributed by atoms with E-state index in [2.05, 4.69) is 66.3 Å². The Labute approximate surface area is 249 Å². The van der Waals surface area contributed by atoms with Crippen LogP contribution in [0.3, 0.4) is 0 Å². The van der Waals surface area contributed by atoms with E-state index in [1.54, 1.807) is 0 Å². The van der Waals surface area contributed by atoms with Crippen LogP contribution in [0, 0.1) is 56.7 Å². The number of nitrogens with two attached hydrogens (primary N) is 1. The summed E-state index contributed by atoms with van der Waals surface area (Å²) in [6.07, 6.45) is 14.4. The SMILES string of the molecule is C=C(C)[C@@H]1CC[C@]2(CN)CC[C@]3(C)[C@H](CC[C@@H]4[C@@]5(C)CC=C(c6ccc(C(=O)OC)cc6)C(C)(C)[C@@H]5CC[C@]43C)[C@@H]12. The molecule has 5 aliphatic carbocycles. The quantitative estimate of drug-likeness (QED) is 0.297. The molecule has 3 heteroatoms. The predicted octanol–water partition coefficient (Wildman–Crippen LogP) is 9.08. The van der Waals surface area contributed by atoms with Gasteiger partial charge in [-0.1, -0.05) is 65.0 Å². The van der Waals surface area contributed by atoms with E-state index in [1.165, 1.54) is 75.2 Å². The Bertz CT molecular complexity index is 1260. The molecule has 0 amide bonds. The number of hydrogen-bond donors (Lipinski definition) is 1. The van der Waals surface area contributed by atoms with Crippen molar-refractivity contribution in [3.63, 3.8) is 0 Å². The molecule has 0 spiro atoms. The Morgan fingerprint density at radius 3 is 2.27 bits per heavy atom. The van der Waals surface area contributed by atoms with Crippen LogP contribution in [0.2, 0.25) is 0 Å². The van der Waals surface area contributed by atoms with Crippen LogP contribution in [0.25, 0.3) is 5.57 Å². The van der Waals surface area contributed by atoms with Gasteiger partial charge in [-0.3, -0.25) is 0 Å². The number of benzene rings is 1. The van der Waals surface area contributed by atoms with E-state index in [1.807, 2.05) is 12.1 Å². The number of methoxy groups -OCH3 is 1. The van der Waals surface area contributed by atoms with E-state index < -0.39 is 0 Å². The summed E-state index contributed by atoms with van der Waals surface area (Å²) in [6, 6.07) is 8.12. The molecule has 0 radical (unpaired) electrons. The molecule has 41 heavy (non-hydrogen) atoms. The van der Waals surface area contributed by atoms with Crippen LogP contribution in [0.4, 0.5) is 0 Å². The highest BCUT2D eigenvalue weighted by atomic mass is 16.5. The number of esters is 1. The van der Waals surface area contributed by atoms with E-state index in [0.717, 1.165) is 24.8 Å². The molecule has 1 aromatic carbocycles. The van der Waals surface area contributed by atoms with Gasteiger partial charge >= 0.3 is 5.97 Å². The minimum absolute atomic E-state index is 0.0800. The van der Waals surface area contributed by atoms with Gasteiger partial charge in [-0.2, -0.15) is 0 Å². The van der Waals surface area contributed by atoms with Gasteiger partial charge in [0.2, 0.25) is 0 Å². The fourth-order valence-electron chi connectivity index (χ4n) is 12.6. The van der Waals surface area contributed by atoms with Crippen LogP contribution >= 0.6 is 0 Å². The number of hydrogen-bond acceptors (Lipinski definition) is 3. The molecule has 4 fully saturated rings. The minimum Gasteiger partial charge on any atom is -0.465 e. The maximum atomic E-state index is 12.0. The lowest BCUT2D eigenvalue weighted by Crippen LogP contribution is -2.65. The van der Waals surface area contributed by atoms with Gasteiger partial charge < -0.3 is 10.5 Å². The summed E-state index contributed by atoms with van der Waals surface area (Å²) in [5.74, 6) is 3.25. The maximum absolute atomic E-state index is 12.0. The third-order valence-corrected chi connectivity index (χ3v) is 14.8. The largest absolute Gasteiger partial charge is 0.465 e. The Balaban J connectivity index is 1.35. The van der Waals surface area contributed by atoms with Crippen molar-refractivity contribution in [3.05, 3.63) is 53.6 Å². The molecule has 0 saturated heterocycles. The van der Waals surface area contributed by atoms with Crippen LogP contribution in [-0.4, -0.2) is 19.6 Å². The number of carbonyl (C=O) groups excluding carboxylic acids is 1. The summed E-state index contributed by atoms with van der Waals surface area (Å²) < 4.78 is 4.94. The zero-order valence-electron chi connectivity index (χ0n) is 26.9. The molecule has 5 aliphatic rings. The maximum Gasteiger partial charge on any atom is 0.337 e. The van der Waals surface area contributed by atoms with Crippen LogP contribution in [0.1, 0.15) is 115 Å². The minimum atomic E-state index is -0.268. The third kappa shape index (κ3) is 3.82. The zero-order valence-corrected chi connectivity index (χ0v) is 26.9. The molecule has 4 saturated carbocycles. The fraction of sp³-hybridized carbons (Fsp3) is 0.711. The summed E-state index contributed by atoms with van der Waals surface area (Å²) >= 11 is 0. The third-order valence-electron chi connectivity index (χ3n) is 14.8. The molecular formula is C38H55NO2. The Morgan fingerprint density at radius 2 is 1.63 bits per heavy atom. The zero-order chi connectivity index (χ0) is 29.6. The molecule has 0 aliphatic heterocycles. The summed E-state index contributed by atoms with van der Waals surface area (Å²) in [6.45, 7) is 20.8. The van der Waals surface area contributed by atoms with E-state index in [0.29, 0.717) is 45.0 Å². The smallest absolute Gasteiger partial charge is 0.337 e. The first kappa shape index (κ1) is 29.2. The monoisotopic (exact) mass is 557 g/mol. The number of rotatable bonds is 4. The molecule has 2 N–H and O–H groups in total. The Morgan fingerprint density at radius 1 is 0.927 bits per heavy atom. The summed E-state index contributed by atoms with van der Waals surface area (Å²) in [5, 5.41) is 0. The van der Waals surface area contributed by atoms with Crippen LogP contribution in [-0.2, 0) is 4.74 Å². The van der Waals surface area contributed by atoms with Gasteiger partial charge in [-0.15, -0.1) is 0 Å². The first-order valence-electron chi connectivity index (χ1n) is 16.5. The molecule has 0 heterocycles. The van der Waals surface area contributed by atoms with Crippen molar-refractivity contribution in [2.45, 2.75) is 99.3 Å². The topological polar surface area (TPSA) is 52.3 Å². The lowest BCUT2D eigenvalue weighted by molar-refractivity contribution is -0.224. The Hall–Kier alpha value is -1.87. The van der Waals surface area contributed by atoms with Crippen molar-refractivity contribution in [1.82, 2.24) is 0 Å². The van der Waals surface area contributed by atoms with Crippen molar-refractivity contribution in [3.8, 4) is 0 Å². The molecule has 3 nitrogen and oxygen atoms in total. The van der Waals surface area contributed by atoms with E-state index in [9.17, 15) is 4.79 Å². The van der Waals surface area contributed by atoms with E-state index in [4.69, 9.17) is 10.5 Å². The van der Waals surface area contributed by atoms with Gasteiger partial charge in [-0.05, 0) is 151 Å². The molecule has 224 valence electrons. The lowest BCUT2D eigenvalue weighted by atomic mass is 9.32. The standard InChI is InChI=1S/C38H55NO2/c1-24(2)27-15-20-38(23-39)22-21-36(6)29(32(27)38)13-14-31-35(5)18-16-28(25-9-11-26(12-10-25)33(40)41-8)34(3,4)30(35)17-19-37(31,36)7/h9-12,16,27,29-32H,1,13-15,17-23,39H2,2-8H3/t27-,29+,30-,31+,32+,35-,36+,37+,38+/m0/s1. The van der Waals surface area contributed by atoms with Crippen molar-refractivity contribution < 1.29 is 9.53 Å². The lowest BCUT2D eigenvalue weighted by Gasteiger charge is -2.72. The highest BCUT2D eigenvalue weighted by Crippen LogP contribution is 2.77. The van der Waals surface area contributed by atoms with E-state index >= 15 is 0 Å².